The van der Waals surface area contributed by atoms with E-state index in [9.17, 15) is 4.79 Å². The van der Waals surface area contributed by atoms with Crippen molar-refractivity contribution in [1.82, 2.24) is 10.3 Å². The van der Waals surface area contributed by atoms with Crippen LogP contribution in [0, 0.1) is 0 Å². The van der Waals surface area contributed by atoms with Crippen molar-refractivity contribution in [3.05, 3.63) is 48.0 Å². The number of methoxy groups -OCH3 is 1. The first-order valence-corrected chi connectivity index (χ1v) is 6.68. The Morgan fingerprint density at radius 1 is 1.38 bits per heavy atom. The third kappa shape index (κ3) is 4.06. The van der Waals surface area contributed by atoms with Gasteiger partial charge in [0.1, 0.15) is 0 Å². The number of hydrogen-bond donors (Lipinski definition) is 1. The van der Waals surface area contributed by atoms with E-state index < -0.39 is 0 Å². The lowest BCUT2D eigenvalue weighted by molar-refractivity contribution is 0.0859. The third-order valence-electron chi connectivity index (χ3n) is 2.78. The largest absolute Gasteiger partial charge is 0.465 e. The van der Waals surface area contributed by atoms with Crippen LogP contribution in [0.25, 0.3) is 0 Å². The quantitative estimate of drug-likeness (QED) is 0.846. The Hall–Kier alpha value is -2.34. The second kappa shape index (κ2) is 7.44. The lowest BCUT2D eigenvalue weighted by Gasteiger charge is -2.16. The van der Waals surface area contributed by atoms with Gasteiger partial charge in [-0.05, 0) is 25.1 Å². The summed E-state index contributed by atoms with van der Waals surface area (Å²) in [5.74, 6) is 0.174. The molecule has 2 aromatic rings. The summed E-state index contributed by atoms with van der Waals surface area (Å²) in [7, 11) is 1.57. The van der Waals surface area contributed by atoms with Gasteiger partial charge in [0.25, 0.3) is 11.9 Å². The molecule has 0 saturated carbocycles. The second-order valence-corrected chi connectivity index (χ2v) is 4.29. The fourth-order valence-corrected chi connectivity index (χ4v) is 1.84. The zero-order valence-corrected chi connectivity index (χ0v) is 12.0. The highest BCUT2D eigenvalue weighted by molar-refractivity contribution is 5.91. The number of aromatic nitrogens is 1. The molecule has 2 heterocycles. The molecule has 0 radical (unpaired) electrons. The molecule has 0 aliphatic rings. The van der Waals surface area contributed by atoms with Crippen molar-refractivity contribution >= 4 is 5.91 Å². The zero-order valence-electron chi connectivity index (χ0n) is 12.0. The monoisotopic (exact) mass is 290 g/mol. The second-order valence-electron chi connectivity index (χ2n) is 4.29. The van der Waals surface area contributed by atoms with Crippen LogP contribution in [0.2, 0.25) is 0 Å². The first kappa shape index (κ1) is 15.1. The summed E-state index contributed by atoms with van der Waals surface area (Å²) < 4.78 is 15.6. The van der Waals surface area contributed by atoms with Crippen molar-refractivity contribution in [2.75, 3.05) is 20.3 Å². The van der Waals surface area contributed by atoms with E-state index in [2.05, 4.69) is 10.3 Å². The highest BCUT2D eigenvalue weighted by Gasteiger charge is 2.19. The molecule has 1 amide bonds. The van der Waals surface area contributed by atoms with Crippen LogP contribution in [-0.2, 0) is 4.74 Å². The highest BCUT2D eigenvalue weighted by Crippen LogP contribution is 2.17. The van der Waals surface area contributed by atoms with Crippen molar-refractivity contribution in [2.45, 2.75) is 13.0 Å². The molecule has 2 aromatic heterocycles. The van der Waals surface area contributed by atoms with Gasteiger partial charge in [-0.1, -0.05) is 6.07 Å². The van der Waals surface area contributed by atoms with Gasteiger partial charge in [0.15, 0.2) is 5.76 Å². The Morgan fingerprint density at radius 3 is 2.90 bits per heavy atom. The molecule has 6 nitrogen and oxygen atoms in total. The summed E-state index contributed by atoms with van der Waals surface area (Å²) in [5, 5.41) is 2.83. The average molecular weight is 290 g/mol. The fraction of sp³-hybridized carbons (Fsp3) is 0.333. The van der Waals surface area contributed by atoms with Crippen molar-refractivity contribution in [3.63, 3.8) is 0 Å². The van der Waals surface area contributed by atoms with Crippen LogP contribution in [0.15, 0.2) is 40.9 Å². The van der Waals surface area contributed by atoms with Gasteiger partial charge in [0.2, 0.25) is 0 Å². The SMILES string of the molecule is CCOc1ccc(C(=O)N[C@H](COC)c2ccccn2)o1. The van der Waals surface area contributed by atoms with Gasteiger partial charge in [-0.15, -0.1) is 0 Å². The summed E-state index contributed by atoms with van der Waals surface area (Å²) in [6.45, 7) is 2.65. The molecule has 0 aliphatic carbocycles. The van der Waals surface area contributed by atoms with Gasteiger partial charge in [0.05, 0.1) is 24.9 Å². The Balaban J connectivity index is 2.07. The topological polar surface area (TPSA) is 73.6 Å². The van der Waals surface area contributed by atoms with E-state index in [-0.39, 0.29) is 17.7 Å². The Bertz CT molecular complexity index is 568. The molecule has 0 aliphatic heterocycles. The van der Waals surface area contributed by atoms with Crippen LogP contribution in [-0.4, -0.2) is 31.2 Å². The van der Waals surface area contributed by atoms with Crippen molar-refractivity contribution in [2.24, 2.45) is 0 Å². The molecule has 6 heteroatoms. The molecule has 112 valence electrons. The lowest BCUT2D eigenvalue weighted by atomic mass is 10.2. The molecule has 1 atom stereocenters. The maximum Gasteiger partial charge on any atom is 0.287 e. The standard InChI is InChI=1S/C15H18N2O4/c1-3-20-14-8-7-13(21-14)15(18)17-12(10-19-2)11-6-4-5-9-16-11/h4-9,12H,3,10H2,1-2H3,(H,17,18)/t12-/m1/s1. The molecule has 0 spiro atoms. The third-order valence-corrected chi connectivity index (χ3v) is 2.78. The molecular formula is C15H18N2O4. The fourth-order valence-electron chi connectivity index (χ4n) is 1.84. The number of pyridine rings is 1. The minimum atomic E-state index is -0.343. The Labute approximate surface area is 123 Å². The first-order chi connectivity index (χ1) is 10.2. The van der Waals surface area contributed by atoms with Gasteiger partial charge >= 0.3 is 0 Å². The normalized spacial score (nSPS) is 11.9. The molecule has 21 heavy (non-hydrogen) atoms. The molecule has 2 rings (SSSR count). The van der Waals surface area contributed by atoms with Crippen LogP contribution in [0.3, 0.4) is 0 Å². The summed E-state index contributed by atoms with van der Waals surface area (Å²) >= 11 is 0. The minimum absolute atomic E-state index is 0.190. The van der Waals surface area contributed by atoms with E-state index >= 15 is 0 Å². The van der Waals surface area contributed by atoms with Gasteiger partial charge in [-0.3, -0.25) is 9.78 Å². The van der Waals surface area contributed by atoms with Crippen LogP contribution >= 0.6 is 0 Å². The number of nitrogens with zero attached hydrogens (tertiary/aromatic N) is 1. The number of hydrogen-bond acceptors (Lipinski definition) is 5. The van der Waals surface area contributed by atoms with Gasteiger partial charge in [-0.25, -0.2) is 0 Å². The number of rotatable bonds is 7. The maximum absolute atomic E-state index is 12.2. The zero-order chi connectivity index (χ0) is 15.1. The first-order valence-electron chi connectivity index (χ1n) is 6.68. The van der Waals surface area contributed by atoms with Crippen LogP contribution < -0.4 is 10.1 Å². The minimum Gasteiger partial charge on any atom is -0.465 e. The predicted molar refractivity (Wildman–Crippen MR) is 76.2 cm³/mol. The van der Waals surface area contributed by atoms with E-state index in [0.717, 1.165) is 5.69 Å². The predicted octanol–water partition coefficient (Wildman–Crippen LogP) is 2.19. The highest BCUT2D eigenvalue weighted by atomic mass is 16.6. The number of nitrogens with one attached hydrogen (secondary N) is 1. The molecule has 0 aromatic carbocycles. The Morgan fingerprint density at radius 2 is 2.24 bits per heavy atom. The number of ether oxygens (including phenoxy) is 2. The number of carbonyl (C=O) groups excluding carboxylic acids is 1. The van der Waals surface area contributed by atoms with E-state index in [0.29, 0.717) is 19.2 Å². The van der Waals surface area contributed by atoms with Gasteiger partial charge < -0.3 is 19.2 Å². The smallest absolute Gasteiger partial charge is 0.287 e. The van der Waals surface area contributed by atoms with E-state index in [1.807, 2.05) is 25.1 Å². The summed E-state index contributed by atoms with van der Waals surface area (Å²) in [4.78, 5) is 16.4. The molecule has 0 unspecified atom stereocenters. The van der Waals surface area contributed by atoms with E-state index in [1.165, 1.54) is 0 Å². The molecule has 1 N–H and O–H groups in total. The van der Waals surface area contributed by atoms with Crippen molar-refractivity contribution < 1.29 is 18.7 Å². The maximum atomic E-state index is 12.2. The summed E-state index contributed by atoms with van der Waals surface area (Å²) in [6.07, 6.45) is 1.67. The van der Waals surface area contributed by atoms with Crippen LogP contribution in [0.1, 0.15) is 29.2 Å². The number of furan rings is 1. The molecule has 0 bridgehead atoms. The summed E-state index contributed by atoms with van der Waals surface area (Å²) in [5.41, 5.74) is 0.726. The molecular weight excluding hydrogens is 272 g/mol. The van der Waals surface area contributed by atoms with Gasteiger partial charge in [0, 0.05) is 19.4 Å². The van der Waals surface area contributed by atoms with E-state index in [1.54, 1.807) is 25.4 Å². The summed E-state index contributed by atoms with van der Waals surface area (Å²) in [6, 6.07) is 8.35. The van der Waals surface area contributed by atoms with Crippen molar-refractivity contribution in [1.29, 1.82) is 0 Å². The van der Waals surface area contributed by atoms with Crippen LogP contribution in [0.5, 0.6) is 5.95 Å². The number of carbonyl (C=O) groups is 1. The molecule has 0 saturated heterocycles. The average Bonchev–Trinajstić information content (AvgIpc) is 2.97. The Kier molecular flexibility index (Phi) is 5.34. The van der Waals surface area contributed by atoms with Gasteiger partial charge in [-0.2, -0.15) is 0 Å². The molecule has 0 fully saturated rings. The van der Waals surface area contributed by atoms with Crippen LogP contribution in [0.4, 0.5) is 0 Å². The number of amides is 1. The van der Waals surface area contributed by atoms with E-state index in [4.69, 9.17) is 13.9 Å². The lowest BCUT2D eigenvalue weighted by Crippen LogP contribution is -2.31. The van der Waals surface area contributed by atoms with Crippen molar-refractivity contribution in [3.8, 4) is 5.95 Å².